The van der Waals surface area contributed by atoms with Crippen molar-refractivity contribution < 1.29 is 9.59 Å². The Morgan fingerprint density at radius 1 is 1.07 bits per heavy atom. The minimum Gasteiger partial charge on any atom is -0.343 e. The number of benzene rings is 1. The van der Waals surface area contributed by atoms with Crippen molar-refractivity contribution in [1.29, 1.82) is 0 Å². The third kappa shape index (κ3) is 3.70. The molecule has 0 bridgehead atoms. The van der Waals surface area contributed by atoms with Crippen LogP contribution in [0.2, 0.25) is 0 Å². The number of piperidine rings is 1. The van der Waals surface area contributed by atoms with Crippen LogP contribution in [0.3, 0.4) is 0 Å². The highest BCUT2D eigenvalue weighted by Gasteiger charge is 2.46. The molecule has 4 nitrogen and oxygen atoms in total. The highest BCUT2D eigenvalue weighted by molar-refractivity contribution is 5.78. The smallest absolute Gasteiger partial charge is 0.223 e. The quantitative estimate of drug-likeness (QED) is 0.743. The normalized spacial score (nSPS) is 22.9. The number of hydrogen-bond donors (Lipinski definition) is 0. The van der Waals surface area contributed by atoms with E-state index >= 15 is 0 Å². The molecule has 0 aromatic heterocycles. The van der Waals surface area contributed by atoms with Crippen molar-refractivity contribution in [3.8, 4) is 0 Å². The summed E-state index contributed by atoms with van der Waals surface area (Å²) in [7, 11) is 0. The Labute approximate surface area is 169 Å². The Balaban J connectivity index is 1.47. The number of amides is 2. The zero-order chi connectivity index (χ0) is 19.7. The molecule has 1 saturated carbocycles. The van der Waals surface area contributed by atoms with Crippen LogP contribution in [0.15, 0.2) is 24.3 Å². The maximum Gasteiger partial charge on any atom is 0.223 e. The molecule has 1 saturated heterocycles. The summed E-state index contributed by atoms with van der Waals surface area (Å²) in [4.78, 5) is 29.3. The fourth-order valence-electron chi connectivity index (χ4n) is 5.48. The first-order valence-electron chi connectivity index (χ1n) is 11.2. The fraction of sp³-hybridized carbons (Fsp3) is 0.667. The summed E-state index contributed by atoms with van der Waals surface area (Å²) in [6.07, 6.45) is 6.98. The molecule has 0 radical (unpaired) electrons. The lowest BCUT2D eigenvalue weighted by molar-refractivity contribution is -0.133. The van der Waals surface area contributed by atoms with Gasteiger partial charge in [0.2, 0.25) is 11.8 Å². The highest BCUT2D eigenvalue weighted by atomic mass is 16.2. The average Bonchev–Trinajstić information content (AvgIpc) is 3.48. The molecule has 1 aromatic rings. The minimum absolute atomic E-state index is 0.154. The Hall–Kier alpha value is -1.84. The average molecular weight is 383 g/mol. The minimum atomic E-state index is 0.154. The van der Waals surface area contributed by atoms with E-state index in [1.54, 1.807) is 0 Å². The van der Waals surface area contributed by atoms with E-state index in [1.165, 1.54) is 24.0 Å². The zero-order valence-electron chi connectivity index (χ0n) is 17.5. The summed E-state index contributed by atoms with van der Waals surface area (Å²) < 4.78 is 0. The van der Waals surface area contributed by atoms with Crippen molar-refractivity contribution in [2.75, 3.05) is 26.2 Å². The van der Waals surface area contributed by atoms with Crippen LogP contribution in [-0.2, 0) is 15.0 Å². The van der Waals surface area contributed by atoms with Gasteiger partial charge in [-0.3, -0.25) is 9.59 Å². The van der Waals surface area contributed by atoms with Crippen molar-refractivity contribution >= 4 is 11.8 Å². The molecular weight excluding hydrogens is 348 g/mol. The van der Waals surface area contributed by atoms with Crippen LogP contribution in [0.4, 0.5) is 0 Å². The molecule has 4 heteroatoms. The summed E-state index contributed by atoms with van der Waals surface area (Å²) in [5.41, 5.74) is 2.98. The van der Waals surface area contributed by atoms with Gasteiger partial charge >= 0.3 is 0 Å². The number of hydrogen-bond acceptors (Lipinski definition) is 2. The molecular formula is C24H34N2O2. The summed E-state index contributed by atoms with van der Waals surface area (Å²) in [5.74, 6) is 1.61. The number of rotatable bonds is 6. The Morgan fingerprint density at radius 3 is 2.39 bits per heavy atom. The molecule has 28 heavy (non-hydrogen) atoms. The molecule has 1 aromatic carbocycles. The highest BCUT2D eigenvalue weighted by Crippen LogP contribution is 2.52. The first-order chi connectivity index (χ1) is 13.6. The molecule has 3 aliphatic rings. The monoisotopic (exact) mass is 382 g/mol. The molecule has 1 atom stereocenters. The fourth-order valence-corrected chi connectivity index (χ4v) is 5.48. The number of carbonyl (C=O) groups excluding carboxylic acids is 2. The van der Waals surface area contributed by atoms with E-state index in [9.17, 15) is 9.59 Å². The van der Waals surface area contributed by atoms with Gasteiger partial charge < -0.3 is 9.80 Å². The summed E-state index contributed by atoms with van der Waals surface area (Å²) in [6.45, 7) is 7.42. The van der Waals surface area contributed by atoms with Crippen molar-refractivity contribution in [1.82, 2.24) is 9.80 Å². The second kappa shape index (κ2) is 7.88. The van der Waals surface area contributed by atoms with Gasteiger partial charge in [-0.2, -0.15) is 0 Å². The third-order valence-corrected chi connectivity index (χ3v) is 7.38. The maximum absolute atomic E-state index is 12.8. The van der Waals surface area contributed by atoms with Crippen LogP contribution in [0.1, 0.15) is 75.8 Å². The van der Waals surface area contributed by atoms with Crippen LogP contribution < -0.4 is 0 Å². The molecule has 152 valence electrons. The van der Waals surface area contributed by atoms with Gasteiger partial charge in [-0.25, -0.2) is 0 Å². The van der Waals surface area contributed by atoms with Gasteiger partial charge in [0.25, 0.3) is 0 Å². The lowest BCUT2D eigenvalue weighted by Crippen LogP contribution is -2.44. The number of nitrogens with zero attached hydrogens (tertiary/aromatic N) is 2. The van der Waals surface area contributed by atoms with E-state index in [1.807, 2.05) is 4.90 Å². The van der Waals surface area contributed by atoms with Crippen molar-refractivity contribution in [3.63, 3.8) is 0 Å². The number of carbonyl (C=O) groups is 2. The van der Waals surface area contributed by atoms with Crippen LogP contribution >= 0.6 is 0 Å². The predicted octanol–water partition coefficient (Wildman–Crippen LogP) is 4.09. The SMILES string of the molecule is CCN(CC)C(=O)C[C@H]1CC2(CCN(C(=O)CC3CC3)CC2)c2ccccc21. The summed E-state index contributed by atoms with van der Waals surface area (Å²) in [5, 5.41) is 0. The van der Waals surface area contributed by atoms with Crippen molar-refractivity contribution in [3.05, 3.63) is 35.4 Å². The zero-order valence-corrected chi connectivity index (χ0v) is 17.5. The standard InChI is InChI=1S/C24H34N2O2/c1-3-25(4-2)23(28)16-19-17-24(21-8-6-5-7-20(19)21)11-13-26(14-12-24)22(27)15-18-9-10-18/h5-8,18-19H,3-4,9-17H2,1-2H3/t19-/m0/s1. The lowest BCUT2D eigenvalue weighted by atomic mass is 9.73. The predicted molar refractivity (Wildman–Crippen MR) is 111 cm³/mol. The first-order valence-corrected chi connectivity index (χ1v) is 11.2. The van der Waals surface area contributed by atoms with Gasteiger partial charge in [-0.05, 0) is 74.3 Å². The Bertz CT molecular complexity index is 728. The molecule has 2 amide bonds. The molecule has 2 aliphatic carbocycles. The number of likely N-dealkylation sites (tertiary alicyclic amines) is 1. The van der Waals surface area contributed by atoms with Crippen molar-refractivity contribution in [2.45, 2.75) is 70.1 Å². The topological polar surface area (TPSA) is 40.6 Å². The molecule has 0 N–H and O–H groups in total. The maximum atomic E-state index is 12.8. The summed E-state index contributed by atoms with van der Waals surface area (Å²) in [6, 6.07) is 8.76. The second-order valence-electron chi connectivity index (χ2n) is 9.07. The van der Waals surface area contributed by atoms with E-state index in [2.05, 4.69) is 43.0 Å². The molecule has 0 unspecified atom stereocenters. The van der Waals surface area contributed by atoms with Gasteiger partial charge in [0.1, 0.15) is 0 Å². The van der Waals surface area contributed by atoms with Gasteiger partial charge in [-0.15, -0.1) is 0 Å². The molecule has 2 fully saturated rings. The Kier molecular flexibility index (Phi) is 5.48. The van der Waals surface area contributed by atoms with Gasteiger partial charge in [0.05, 0.1) is 0 Å². The lowest BCUT2D eigenvalue weighted by Gasteiger charge is -2.40. The van der Waals surface area contributed by atoms with E-state index in [0.717, 1.165) is 51.9 Å². The molecule has 1 heterocycles. The van der Waals surface area contributed by atoms with Crippen LogP contribution in [-0.4, -0.2) is 47.8 Å². The van der Waals surface area contributed by atoms with E-state index in [0.29, 0.717) is 24.2 Å². The van der Waals surface area contributed by atoms with Gasteiger partial charge in [0, 0.05) is 39.0 Å². The molecule has 1 aliphatic heterocycles. The Morgan fingerprint density at radius 2 is 1.75 bits per heavy atom. The van der Waals surface area contributed by atoms with Crippen LogP contribution in [0.25, 0.3) is 0 Å². The first kappa shape index (κ1) is 19.5. The van der Waals surface area contributed by atoms with Crippen LogP contribution in [0.5, 0.6) is 0 Å². The van der Waals surface area contributed by atoms with E-state index in [4.69, 9.17) is 0 Å². The molecule has 4 rings (SSSR count). The van der Waals surface area contributed by atoms with Crippen LogP contribution in [0, 0.1) is 5.92 Å². The largest absolute Gasteiger partial charge is 0.343 e. The van der Waals surface area contributed by atoms with E-state index in [-0.39, 0.29) is 11.3 Å². The van der Waals surface area contributed by atoms with Gasteiger partial charge in [-0.1, -0.05) is 24.3 Å². The van der Waals surface area contributed by atoms with E-state index < -0.39 is 0 Å². The number of fused-ring (bicyclic) bond motifs is 2. The van der Waals surface area contributed by atoms with Crippen molar-refractivity contribution in [2.24, 2.45) is 5.92 Å². The van der Waals surface area contributed by atoms with Gasteiger partial charge in [0.15, 0.2) is 0 Å². The summed E-state index contributed by atoms with van der Waals surface area (Å²) >= 11 is 0. The third-order valence-electron chi connectivity index (χ3n) is 7.38. The second-order valence-corrected chi connectivity index (χ2v) is 9.07. The molecule has 1 spiro atoms.